The van der Waals surface area contributed by atoms with Crippen molar-refractivity contribution in [3.63, 3.8) is 0 Å². The molecule has 26 heavy (non-hydrogen) atoms. The first-order valence-electron chi connectivity index (χ1n) is 10.2. The molecule has 3 heteroatoms. The molecule has 3 rings (SSSR count). The van der Waals surface area contributed by atoms with Crippen LogP contribution in [0.2, 0.25) is 0 Å². The van der Waals surface area contributed by atoms with Gasteiger partial charge in [0.15, 0.2) is 0 Å². The fourth-order valence-electron chi connectivity index (χ4n) is 4.68. The van der Waals surface area contributed by atoms with E-state index in [2.05, 4.69) is 19.1 Å². The van der Waals surface area contributed by atoms with Crippen LogP contribution in [-0.4, -0.2) is 0 Å². The van der Waals surface area contributed by atoms with Gasteiger partial charge in [-0.2, -0.15) is 5.26 Å². The third-order valence-electron chi connectivity index (χ3n) is 6.54. The highest BCUT2D eigenvalue weighted by Crippen LogP contribution is 2.38. The van der Waals surface area contributed by atoms with E-state index in [0.717, 1.165) is 37.5 Å². The molecule has 1 aromatic rings. The molecule has 0 unspecified atom stereocenters. The Kier molecular flexibility index (Phi) is 6.46. The van der Waals surface area contributed by atoms with Crippen molar-refractivity contribution in [2.24, 2.45) is 17.8 Å². The summed E-state index contributed by atoms with van der Waals surface area (Å²) in [6.07, 6.45) is 15.6. The molecule has 2 saturated carbocycles. The summed E-state index contributed by atoms with van der Waals surface area (Å²) >= 11 is 0. The Hall–Kier alpha value is -1.69. The Labute approximate surface area is 156 Å². The van der Waals surface area contributed by atoms with E-state index in [9.17, 15) is 8.78 Å². The molecule has 0 heterocycles. The fourth-order valence-corrected chi connectivity index (χ4v) is 4.68. The van der Waals surface area contributed by atoms with Gasteiger partial charge in [-0.1, -0.05) is 25.5 Å². The van der Waals surface area contributed by atoms with Gasteiger partial charge in [0.1, 0.15) is 23.3 Å². The minimum atomic E-state index is -0.729. The van der Waals surface area contributed by atoms with Crippen molar-refractivity contribution in [2.45, 2.75) is 70.6 Å². The van der Waals surface area contributed by atoms with E-state index in [1.54, 1.807) is 6.07 Å². The number of rotatable bonds is 4. The predicted molar refractivity (Wildman–Crippen MR) is 101 cm³/mol. The summed E-state index contributed by atoms with van der Waals surface area (Å²) in [5, 5.41) is 8.79. The zero-order valence-corrected chi connectivity index (χ0v) is 15.7. The molecule has 0 N–H and O–H groups in total. The van der Waals surface area contributed by atoms with E-state index in [4.69, 9.17) is 5.26 Å². The lowest BCUT2D eigenvalue weighted by molar-refractivity contribution is 0.301. The third kappa shape index (κ3) is 4.53. The van der Waals surface area contributed by atoms with Crippen molar-refractivity contribution in [1.82, 2.24) is 0 Å². The summed E-state index contributed by atoms with van der Waals surface area (Å²) in [6, 6.07) is 4.31. The fraction of sp³-hybridized carbons (Fsp3) is 0.609. The van der Waals surface area contributed by atoms with Crippen LogP contribution in [0.5, 0.6) is 0 Å². The second-order valence-corrected chi connectivity index (χ2v) is 8.16. The average molecular weight is 357 g/mol. The molecule has 2 aliphatic rings. The molecule has 0 spiro atoms. The van der Waals surface area contributed by atoms with Gasteiger partial charge in [0, 0.05) is 0 Å². The number of allylic oxidation sites excluding steroid dienone is 2. The molecule has 0 amide bonds. The van der Waals surface area contributed by atoms with Crippen LogP contribution in [-0.2, 0) is 0 Å². The van der Waals surface area contributed by atoms with E-state index in [1.165, 1.54) is 44.2 Å². The van der Waals surface area contributed by atoms with Crippen LogP contribution in [0.15, 0.2) is 24.3 Å². The van der Waals surface area contributed by atoms with E-state index in [0.29, 0.717) is 11.5 Å². The minimum Gasteiger partial charge on any atom is -0.205 e. The van der Waals surface area contributed by atoms with Gasteiger partial charge >= 0.3 is 0 Å². The van der Waals surface area contributed by atoms with Crippen molar-refractivity contribution >= 4 is 0 Å². The van der Waals surface area contributed by atoms with Gasteiger partial charge in [0.05, 0.1) is 0 Å². The highest BCUT2D eigenvalue weighted by atomic mass is 19.1. The number of benzene rings is 1. The number of hydrogen-bond acceptors (Lipinski definition) is 1. The lowest BCUT2D eigenvalue weighted by Gasteiger charge is -2.29. The van der Waals surface area contributed by atoms with Crippen LogP contribution >= 0.6 is 0 Å². The number of hydrogen-bond donors (Lipinski definition) is 0. The highest BCUT2D eigenvalue weighted by Gasteiger charge is 2.24. The SMILES string of the molecule is CCC1CCC(C=CC2CCC(c3cc(F)c(C#N)c(F)c3)CC2)CC1. The van der Waals surface area contributed by atoms with Gasteiger partial charge in [-0.25, -0.2) is 8.78 Å². The standard InChI is InChI=1S/C23H29F2N/c1-2-16-3-5-17(6-4-16)7-8-18-9-11-19(12-10-18)20-13-22(24)21(15-26)23(25)14-20/h7-8,13-14,16-19H,2-6,9-12H2,1H3. The van der Waals surface area contributed by atoms with Gasteiger partial charge in [-0.15, -0.1) is 0 Å². The molecule has 1 nitrogen and oxygen atoms in total. The first kappa shape index (κ1) is 19.1. The number of nitrogens with zero attached hydrogens (tertiary/aromatic N) is 1. The Balaban J connectivity index is 1.52. The van der Waals surface area contributed by atoms with Gasteiger partial charge in [0.2, 0.25) is 0 Å². The lowest BCUT2D eigenvalue weighted by atomic mass is 9.77. The lowest BCUT2D eigenvalue weighted by Crippen LogP contribution is -2.14. The van der Waals surface area contributed by atoms with E-state index >= 15 is 0 Å². The maximum atomic E-state index is 13.8. The van der Waals surface area contributed by atoms with Crippen LogP contribution in [0.4, 0.5) is 8.78 Å². The first-order chi connectivity index (χ1) is 12.6. The molecular formula is C23H29F2N. The molecule has 0 saturated heterocycles. The zero-order chi connectivity index (χ0) is 18.5. The predicted octanol–water partition coefficient (Wildman–Crippen LogP) is 6.88. The second kappa shape index (κ2) is 8.80. The van der Waals surface area contributed by atoms with Crippen molar-refractivity contribution in [2.75, 3.05) is 0 Å². The largest absolute Gasteiger partial charge is 0.205 e. The number of halogens is 2. The summed E-state index contributed by atoms with van der Waals surface area (Å²) in [4.78, 5) is 0. The maximum absolute atomic E-state index is 13.8. The van der Waals surface area contributed by atoms with Gasteiger partial charge in [-0.3, -0.25) is 0 Å². The average Bonchev–Trinajstić information content (AvgIpc) is 2.67. The van der Waals surface area contributed by atoms with E-state index in [-0.39, 0.29) is 5.92 Å². The summed E-state index contributed by atoms with van der Waals surface area (Å²) in [7, 11) is 0. The molecule has 0 aromatic heterocycles. The zero-order valence-electron chi connectivity index (χ0n) is 15.7. The van der Waals surface area contributed by atoms with Crippen LogP contribution in [0, 0.1) is 40.7 Å². The highest BCUT2D eigenvalue weighted by molar-refractivity contribution is 5.36. The first-order valence-corrected chi connectivity index (χ1v) is 10.2. The normalized spacial score (nSPS) is 29.6. The molecule has 0 bridgehead atoms. The molecule has 0 radical (unpaired) electrons. The molecule has 0 aliphatic heterocycles. The molecule has 2 fully saturated rings. The summed E-state index contributed by atoms with van der Waals surface area (Å²) in [5.74, 6) is 1.03. The summed E-state index contributed by atoms with van der Waals surface area (Å²) in [5.41, 5.74) is 0.238. The van der Waals surface area contributed by atoms with Crippen LogP contribution < -0.4 is 0 Å². The van der Waals surface area contributed by atoms with Crippen molar-refractivity contribution in [3.05, 3.63) is 47.0 Å². The quantitative estimate of drug-likeness (QED) is 0.539. The smallest absolute Gasteiger partial charge is 0.144 e. The van der Waals surface area contributed by atoms with Gasteiger partial charge in [0.25, 0.3) is 0 Å². The second-order valence-electron chi connectivity index (χ2n) is 8.16. The molecule has 1 aromatic carbocycles. The minimum absolute atomic E-state index is 0.205. The molecule has 140 valence electrons. The molecule has 2 aliphatic carbocycles. The maximum Gasteiger partial charge on any atom is 0.144 e. The van der Waals surface area contributed by atoms with Crippen LogP contribution in [0.25, 0.3) is 0 Å². The third-order valence-corrected chi connectivity index (χ3v) is 6.54. The van der Waals surface area contributed by atoms with Crippen LogP contribution in [0.3, 0.4) is 0 Å². The topological polar surface area (TPSA) is 23.8 Å². The molecular weight excluding hydrogens is 328 g/mol. The van der Waals surface area contributed by atoms with E-state index < -0.39 is 17.2 Å². The Morgan fingerprint density at radius 3 is 1.88 bits per heavy atom. The van der Waals surface area contributed by atoms with Crippen molar-refractivity contribution in [1.29, 1.82) is 5.26 Å². The molecule has 0 atom stereocenters. The summed E-state index contributed by atoms with van der Waals surface area (Å²) < 4.78 is 27.7. The Morgan fingerprint density at radius 2 is 1.42 bits per heavy atom. The van der Waals surface area contributed by atoms with Crippen LogP contribution in [0.1, 0.15) is 81.8 Å². The van der Waals surface area contributed by atoms with Crippen molar-refractivity contribution in [3.8, 4) is 6.07 Å². The van der Waals surface area contributed by atoms with Gasteiger partial charge < -0.3 is 0 Å². The number of nitriles is 1. The Bertz CT molecular complexity index is 649. The Morgan fingerprint density at radius 1 is 0.923 bits per heavy atom. The monoisotopic (exact) mass is 357 g/mol. The van der Waals surface area contributed by atoms with E-state index in [1.807, 2.05) is 0 Å². The summed E-state index contributed by atoms with van der Waals surface area (Å²) in [6.45, 7) is 2.30. The van der Waals surface area contributed by atoms with Gasteiger partial charge in [-0.05, 0) is 92.7 Å². The van der Waals surface area contributed by atoms with Crippen molar-refractivity contribution < 1.29 is 8.78 Å².